The maximum Gasteiger partial charge on any atom is 0.238 e. The number of sulfonamides is 1. The van der Waals surface area contributed by atoms with Crippen LogP contribution in [0.4, 0.5) is 0 Å². The van der Waals surface area contributed by atoms with E-state index in [-0.39, 0.29) is 49.4 Å². The first-order valence-electron chi connectivity index (χ1n) is 9.51. The summed E-state index contributed by atoms with van der Waals surface area (Å²) in [5.74, 6) is -0.328. The van der Waals surface area contributed by atoms with Crippen LogP contribution in [0, 0.1) is 0 Å². The van der Waals surface area contributed by atoms with Gasteiger partial charge < -0.3 is 10.0 Å². The molecule has 3 atom stereocenters. The predicted molar refractivity (Wildman–Crippen MR) is 107 cm³/mol. The van der Waals surface area contributed by atoms with Gasteiger partial charge in [-0.25, -0.2) is 8.42 Å². The molecule has 0 bridgehead atoms. The third kappa shape index (κ3) is 3.13. The molecule has 0 aromatic heterocycles. The lowest BCUT2D eigenvalue weighted by molar-refractivity contribution is -0.158. The molecule has 0 saturated carbocycles. The summed E-state index contributed by atoms with van der Waals surface area (Å²) in [5.41, 5.74) is 3.23. The van der Waals surface area contributed by atoms with Crippen molar-refractivity contribution in [2.45, 2.75) is 24.9 Å². The van der Waals surface area contributed by atoms with E-state index in [2.05, 4.69) is 0 Å². The van der Waals surface area contributed by atoms with Gasteiger partial charge in [0, 0.05) is 12.5 Å². The molecule has 28 heavy (non-hydrogen) atoms. The summed E-state index contributed by atoms with van der Waals surface area (Å²) >= 11 is 0. The van der Waals surface area contributed by atoms with Gasteiger partial charge in [0.15, 0.2) is 0 Å². The lowest BCUT2D eigenvalue weighted by Crippen LogP contribution is -2.73. The number of hydrogen-bond acceptors (Lipinski definition) is 4. The predicted octanol–water partition coefficient (Wildman–Crippen LogP) is 1.67. The molecule has 1 amide bonds. The molecule has 0 unspecified atom stereocenters. The van der Waals surface area contributed by atoms with Gasteiger partial charge >= 0.3 is 0 Å². The van der Waals surface area contributed by atoms with Gasteiger partial charge in [-0.2, -0.15) is 4.31 Å². The molecule has 7 heteroatoms. The van der Waals surface area contributed by atoms with Crippen LogP contribution in [0.25, 0.3) is 11.1 Å². The molecule has 2 aliphatic heterocycles. The second-order valence-electron chi connectivity index (χ2n) is 7.33. The smallest absolute Gasteiger partial charge is 0.238 e. The second kappa shape index (κ2) is 7.31. The van der Waals surface area contributed by atoms with Gasteiger partial charge in [0.2, 0.25) is 15.9 Å². The third-order valence-corrected chi connectivity index (χ3v) is 7.68. The molecule has 2 aromatic carbocycles. The Kier molecular flexibility index (Phi) is 4.99. The average molecular weight is 401 g/mol. The van der Waals surface area contributed by atoms with Crippen molar-refractivity contribution in [1.82, 2.24) is 9.21 Å². The van der Waals surface area contributed by atoms with Crippen LogP contribution in [0.5, 0.6) is 0 Å². The van der Waals surface area contributed by atoms with Crippen molar-refractivity contribution in [3.05, 3.63) is 60.2 Å². The largest absolute Gasteiger partial charge is 0.394 e. The number of amides is 1. The highest BCUT2D eigenvalue weighted by atomic mass is 32.2. The fourth-order valence-electron chi connectivity index (χ4n) is 4.39. The Morgan fingerprint density at radius 2 is 1.68 bits per heavy atom. The van der Waals surface area contributed by atoms with Crippen molar-refractivity contribution in [2.75, 3.05) is 25.4 Å². The van der Waals surface area contributed by atoms with Crippen LogP contribution in [0.15, 0.2) is 54.6 Å². The first kappa shape index (κ1) is 19.1. The van der Waals surface area contributed by atoms with Crippen molar-refractivity contribution < 1.29 is 18.3 Å². The number of carbonyl (C=O) groups is 1. The van der Waals surface area contributed by atoms with E-state index in [1.165, 1.54) is 4.31 Å². The number of aliphatic hydroxyl groups excluding tert-OH is 1. The molecule has 6 nitrogen and oxygen atoms in total. The minimum absolute atomic E-state index is 0.0210. The van der Waals surface area contributed by atoms with Crippen LogP contribution >= 0.6 is 0 Å². The molecule has 4 rings (SSSR count). The number of carbonyl (C=O) groups excluding carboxylic acids is 1. The highest BCUT2D eigenvalue weighted by Gasteiger charge is 2.55. The Bertz CT molecular complexity index is 960. The maximum atomic E-state index is 12.5. The Labute approximate surface area is 165 Å². The van der Waals surface area contributed by atoms with Gasteiger partial charge in [0.25, 0.3) is 0 Å². The van der Waals surface area contributed by atoms with Crippen LogP contribution in [0.2, 0.25) is 0 Å². The Balaban J connectivity index is 1.61. The summed E-state index contributed by atoms with van der Waals surface area (Å²) in [4.78, 5) is 14.2. The highest BCUT2D eigenvalue weighted by molar-refractivity contribution is 7.89. The molecule has 2 saturated heterocycles. The number of rotatable bonds is 5. The van der Waals surface area contributed by atoms with Crippen LogP contribution in [0.3, 0.4) is 0 Å². The fraction of sp³-hybridized carbons (Fsp3) is 0.381. The summed E-state index contributed by atoms with van der Waals surface area (Å²) in [5, 5.41) is 9.85. The molecule has 2 fully saturated rings. The average Bonchev–Trinajstić information content (AvgIpc) is 2.70. The van der Waals surface area contributed by atoms with Crippen molar-refractivity contribution in [3.63, 3.8) is 0 Å². The summed E-state index contributed by atoms with van der Waals surface area (Å²) in [6.07, 6.45) is 0. The van der Waals surface area contributed by atoms with Crippen LogP contribution in [-0.2, 0) is 14.8 Å². The number of hydrogen-bond donors (Lipinski definition) is 1. The van der Waals surface area contributed by atoms with Crippen molar-refractivity contribution in [3.8, 4) is 11.1 Å². The molecule has 1 N–H and O–H groups in total. The van der Waals surface area contributed by atoms with E-state index in [4.69, 9.17) is 0 Å². The zero-order valence-electron chi connectivity index (χ0n) is 15.7. The maximum absolute atomic E-state index is 12.5. The number of nitrogens with zero attached hydrogens (tertiary/aromatic N) is 2. The van der Waals surface area contributed by atoms with E-state index in [0.717, 1.165) is 16.7 Å². The topological polar surface area (TPSA) is 77.9 Å². The van der Waals surface area contributed by atoms with Gasteiger partial charge in [0.1, 0.15) is 0 Å². The molecule has 2 heterocycles. The van der Waals surface area contributed by atoms with Crippen molar-refractivity contribution >= 4 is 15.9 Å². The van der Waals surface area contributed by atoms with Gasteiger partial charge in [-0.3, -0.25) is 4.79 Å². The second-order valence-corrected chi connectivity index (χ2v) is 9.58. The number of aliphatic hydroxyl groups is 1. The van der Waals surface area contributed by atoms with Gasteiger partial charge in [-0.1, -0.05) is 54.6 Å². The Hall–Kier alpha value is -2.22. The Morgan fingerprint density at radius 3 is 2.29 bits per heavy atom. The minimum Gasteiger partial charge on any atom is -0.394 e. The van der Waals surface area contributed by atoms with Crippen LogP contribution in [0.1, 0.15) is 18.4 Å². The fourth-order valence-corrected chi connectivity index (χ4v) is 5.44. The lowest BCUT2D eigenvalue weighted by atomic mass is 9.74. The summed E-state index contributed by atoms with van der Waals surface area (Å²) in [7, 11) is -3.43. The molecule has 148 valence electrons. The van der Waals surface area contributed by atoms with E-state index in [1.54, 1.807) is 11.8 Å². The van der Waals surface area contributed by atoms with Gasteiger partial charge in [0.05, 0.1) is 31.0 Å². The van der Waals surface area contributed by atoms with Gasteiger partial charge in [-0.05, 0) is 23.6 Å². The summed E-state index contributed by atoms with van der Waals surface area (Å²) in [6.45, 7) is 1.60. The van der Waals surface area contributed by atoms with Crippen LogP contribution < -0.4 is 0 Å². The molecule has 2 aromatic rings. The zero-order chi connectivity index (χ0) is 19.9. The summed E-state index contributed by atoms with van der Waals surface area (Å²) < 4.78 is 25.8. The first-order chi connectivity index (χ1) is 13.5. The SMILES string of the molecule is CCS(=O)(=O)N1CC(=O)N2[C@H](CO)[C@@H](c3ccc(-c4ccccc4)cc3)[C@@H]2C1. The number of fused-ring (bicyclic) bond motifs is 1. The van der Waals surface area contributed by atoms with Gasteiger partial charge in [-0.15, -0.1) is 0 Å². The van der Waals surface area contributed by atoms with E-state index in [0.29, 0.717) is 0 Å². The van der Waals surface area contributed by atoms with E-state index in [1.807, 2.05) is 54.6 Å². The first-order valence-corrected chi connectivity index (χ1v) is 11.1. The van der Waals surface area contributed by atoms with E-state index >= 15 is 0 Å². The minimum atomic E-state index is -3.43. The number of benzene rings is 2. The third-order valence-electron chi connectivity index (χ3n) is 5.88. The normalized spacial score (nSPS) is 25.3. The van der Waals surface area contributed by atoms with Crippen molar-refractivity contribution in [1.29, 1.82) is 0 Å². The summed E-state index contributed by atoms with van der Waals surface area (Å²) in [6, 6.07) is 17.6. The van der Waals surface area contributed by atoms with Crippen molar-refractivity contribution in [2.24, 2.45) is 0 Å². The quantitative estimate of drug-likeness (QED) is 0.828. The molecule has 2 aliphatic rings. The number of piperazine rings is 1. The molecular weight excluding hydrogens is 376 g/mol. The molecule has 0 radical (unpaired) electrons. The van der Waals surface area contributed by atoms with E-state index < -0.39 is 10.0 Å². The Morgan fingerprint density at radius 1 is 1.04 bits per heavy atom. The monoisotopic (exact) mass is 400 g/mol. The lowest BCUT2D eigenvalue weighted by Gasteiger charge is -2.58. The molecule has 0 spiro atoms. The standard InChI is InChI=1S/C21H24N2O4S/c1-2-28(26,27)22-12-18-21(19(14-24)23(18)20(25)13-22)17-10-8-16(9-11-17)15-6-4-3-5-7-15/h3-11,18-19,21,24H,2,12-14H2,1H3/t18-,19+,21-/m0/s1. The highest BCUT2D eigenvalue weighted by Crippen LogP contribution is 2.43. The molecular formula is C21H24N2O4S. The van der Waals surface area contributed by atoms with E-state index in [9.17, 15) is 18.3 Å². The van der Waals surface area contributed by atoms with Crippen LogP contribution in [-0.4, -0.2) is 66.2 Å². The zero-order valence-corrected chi connectivity index (χ0v) is 16.5. The molecule has 0 aliphatic carbocycles.